The lowest BCUT2D eigenvalue weighted by Gasteiger charge is -2.19. The van der Waals surface area contributed by atoms with Crippen molar-refractivity contribution in [2.24, 2.45) is 0 Å². The molecule has 0 radical (unpaired) electrons. The Hall–Kier alpha value is -2.95. The van der Waals surface area contributed by atoms with Gasteiger partial charge in [-0.25, -0.2) is 5.10 Å². The highest BCUT2D eigenvalue weighted by atomic mass is 16.2. The van der Waals surface area contributed by atoms with Crippen LogP contribution in [0.4, 0.5) is 5.69 Å². The summed E-state index contributed by atoms with van der Waals surface area (Å²) in [7, 11) is 0. The molecule has 1 heterocycles. The van der Waals surface area contributed by atoms with E-state index in [2.05, 4.69) is 36.3 Å². The largest absolute Gasteiger partial charge is 0.321 e. The highest BCUT2D eigenvalue weighted by Crippen LogP contribution is 2.23. The summed E-state index contributed by atoms with van der Waals surface area (Å²) in [5.41, 5.74) is 1.82. The fraction of sp³-hybridized carbons (Fsp3) is 0.211. The number of aromatic nitrogens is 2. The van der Waals surface area contributed by atoms with Crippen LogP contribution < -0.4 is 10.9 Å². The van der Waals surface area contributed by atoms with Crippen LogP contribution in [-0.2, 0) is 5.41 Å². The van der Waals surface area contributed by atoms with Crippen molar-refractivity contribution in [1.29, 1.82) is 0 Å². The second-order valence-electron chi connectivity index (χ2n) is 6.73. The van der Waals surface area contributed by atoms with Crippen LogP contribution in [0.2, 0.25) is 0 Å². The van der Waals surface area contributed by atoms with Crippen molar-refractivity contribution in [2.75, 3.05) is 5.32 Å². The minimum atomic E-state index is -0.356. The number of H-pyrrole nitrogens is 1. The first-order chi connectivity index (χ1) is 11.4. The van der Waals surface area contributed by atoms with Gasteiger partial charge in [0, 0.05) is 11.1 Å². The minimum Gasteiger partial charge on any atom is -0.321 e. The highest BCUT2D eigenvalue weighted by Gasteiger charge is 2.16. The van der Waals surface area contributed by atoms with Gasteiger partial charge in [0.05, 0.1) is 5.39 Å². The molecule has 0 spiro atoms. The molecule has 0 saturated carbocycles. The molecular weight excluding hydrogens is 302 g/mol. The van der Waals surface area contributed by atoms with E-state index in [1.807, 2.05) is 24.3 Å². The van der Waals surface area contributed by atoms with Gasteiger partial charge >= 0.3 is 0 Å². The topological polar surface area (TPSA) is 74.8 Å². The van der Waals surface area contributed by atoms with E-state index in [0.29, 0.717) is 16.5 Å². The normalized spacial score (nSPS) is 11.5. The van der Waals surface area contributed by atoms with Crippen molar-refractivity contribution in [3.8, 4) is 0 Å². The van der Waals surface area contributed by atoms with E-state index in [-0.39, 0.29) is 22.6 Å². The third-order valence-electron chi connectivity index (χ3n) is 3.92. The van der Waals surface area contributed by atoms with Gasteiger partial charge in [-0.15, -0.1) is 0 Å². The van der Waals surface area contributed by atoms with Crippen molar-refractivity contribution in [3.05, 3.63) is 70.1 Å². The van der Waals surface area contributed by atoms with Crippen LogP contribution in [-0.4, -0.2) is 16.1 Å². The maximum Gasteiger partial charge on any atom is 0.276 e. The molecule has 0 aliphatic carbocycles. The molecule has 2 aromatic carbocycles. The van der Waals surface area contributed by atoms with E-state index in [1.54, 1.807) is 24.3 Å². The van der Waals surface area contributed by atoms with Gasteiger partial charge in [-0.1, -0.05) is 51.1 Å². The zero-order valence-corrected chi connectivity index (χ0v) is 13.9. The predicted molar refractivity (Wildman–Crippen MR) is 95.5 cm³/mol. The predicted octanol–water partition coefficient (Wildman–Crippen LogP) is 3.47. The molecule has 1 amide bonds. The van der Waals surface area contributed by atoms with E-state index in [4.69, 9.17) is 0 Å². The summed E-state index contributed by atoms with van der Waals surface area (Å²) < 4.78 is 0. The molecular formula is C19H19N3O2. The van der Waals surface area contributed by atoms with E-state index in [0.717, 1.165) is 0 Å². The van der Waals surface area contributed by atoms with Crippen LogP contribution in [0.5, 0.6) is 0 Å². The third kappa shape index (κ3) is 3.06. The molecule has 2 N–H and O–H groups in total. The number of aromatic amines is 1. The van der Waals surface area contributed by atoms with E-state index in [9.17, 15) is 9.59 Å². The van der Waals surface area contributed by atoms with Crippen LogP contribution in [0.3, 0.4) is 0 Å². The summed E-state index contributed by atoms with van der Waals surface area (Å²) in [6.45, 7) is 6.41. The molecule has 3 aromatic rings. The first kappa shape index (κ1) is 15.9. The molecule has 0 saturated heterocycles. The van der Waals surface area contributed by atoms with Crippen molar-refractivity contribution < 1.29 is 4.79 Å². The van der Waals surface area contributed by atoms with E-state index < -0.39 is 0 Å². The second-order valence-corrected chi connectivity index (χ2v) is 6.73. The number of carbonyl (C=O) groups is 1. The van der Waals surface area contributed by atoms with Gasteiger partial charge in [0.15, 0.2) is 5.69 Å². The summed E-state index contributed by atoms with van der Waals surface area (Å²) in [6.07, 6.45) is 0. The van der Waals surface area contributed by atoms with Gasteiger partial charge in [-0.2, -0.15) is 5.10 Å². The molecule has 0 bridgehead atoms. The van der Waals surface area contributed by atoms with Crippen LogP contribution in [0.15, 0.2) is 53.3 Å². The number of hydrogen-bond donors (Lipinski definition) is 2. The molecule has 3 rings (SSSR count). The van der Waals surface area contributed by atoms with E-state index in [1.165, 1.54) is 5.56 Å². The SMILES string of the molecule is CC(C)(C)c1ccc(NC(=O)c2n[nH]c(=O)c3ccccc23)cc1. The number of anilines is 1. The van der Waals surface area contributed by atoms with Gasteiger partial charge in [0.1, 0.15) is 0 Å². The summed E-state index contributed by atoms with van der Waals surface area (Å²) in [5, 5.41) is 10.1. The lowest BCUT2D eigenvalue weighted by molar-refractivity contribution is 0.102. The van der Waals surface area contributed by atoms with Gasteiger partial charge in [0.2, 0.25) is 0 Å². The fourth-order valence-corrected chi connectivity index (χ4v) is 2.53. The summed E-state index contributed by atoms with van der Waals surface area (Å²) in [6, 6.07) is 14.6. The number of benzene rings is 2. The summed E-state index contributed by atoms with van der Waals surface area (Å²) >= 11 is 0. The molecule has 0 unspecified atom stereocenters. The second kappa shape index (κ2) is 5.92. The Bertz CT molecular complexity index is 951. The van der Waals surface area contributed by atoms with Crippen LogP contribution in [0, 0.1) is 0 Å². The average Bonchev–Trinajstić information content (AvgIpc) is 2.55. The monoisotopic (exact) mass is 321 g/mol. The lowest BCUT2D eigenvalue weighted by Crippen LogP contribution is -2.19. The van der Waals surface area contributed by atoms with Gasteiger partial charge in [-0.05, 0) is 29.2 Å². The fourth-order valence-electron chi connectivity index (χ4n) is 2.53. The number of fused-ring (bicyclic) bond motifs is 1. The maximum atomic E-state index is 12.5. The Morgan fingerprint density at radius 3 is 2.25 bits per heavy atom. The number of nitrogens with one attached hydrogen (secondary N) is 2. The standard InChI is InChI=1S/C19H19N3O2/c1-19(2,3)12-8-10-13(11-9-12)20-18(24)16-14-6-4-5-7-15(14)17(23)22-21-16/h4-11H,1-3H3,(H,20,24)(H,22,23). The van der Waals surface area contributed by atoms with E-state index >= 15 is 0 Å². The maximum absolute atomic E-state index is 12.5. The Morgan fingerprint density at radius 1 is 1.00 bits per heavy atom. The smallest absolute Gasteiger partial charge is 0.276 e. The van der Waals surface area contributed by atoms with Crippen LogP contribution in [0.1, 0.15) is 36.8 Å². The lowest BCUT2D eigenvalue weighted by atomic mass is 9.87. The first-order valence-corrected chi connectivity index (χ1v) is 7.75. The minimum absolute atomic E-state index is 0.0548. The van der Waals surface area contributed by atoms with Crippen molar-refractivity contribution in [3.63, 3.8) is 0 Å². The van der Waals surface area contributed by atoms with Crippen LogP contribution >= 0.6 is 0 Å². The van der Waals surface area contributed by atoms with Gasteiger partial charge in [-0.3, -0.25) is 9.59 Å². The molecule has 122 valence electrons. The number of carbonyl (C=O) groups excluding carboxylic acids is 1. The first-order valence-electron chi connectivity index (χ1n) is 7.75. The molecule has 5 heteroatoms. The number of rotatable bonds is 2. The zero-order chi connectivity index (χ0) is 17.3. The van der Waals surface area contributed by atoms with Crippen LogP contribution in [0.25, 0.3) is 10.8 Å². The number of amides is 1. The Morgan fingerprint density at radius 2 is 1.62 bits per heavy atom. The summed E-state index contributed by atoms with van der Waals surface area (Å²) in [4.78, 5) is 24.3. The molecule has 0 atom stereocenters. The molecule has 24 heavy (non-hydrogen) atoms. The highest BCUT2D eigenvalue weighted by molar-refractivity contribution is 6.11. The quantitative estimate of drug-likeness (QED) is 0.759. The number of hydrogen-bond acceptors (Lipinski definition) is 3. The molecule has 1 aromatic heterocycles. The molecule has 5 nitrogen and oxygen atoms in total. The van der Waals surface area contributed by atoms with Gasteiger partial charge in [0.25, 0.3) is 11.5 Å². The van der Waals surface area contributed by atoms with Crippen molar-refractivity contribution >= 4 is 22.4 Å². The Kier molecular flexibility index (Phi) is 3.93. The number of nitrogens with zero attached hydrogens (tertiary/aromatic N) is 1. The average molecular weight is 321 g/mol. The molecule has 0 aliphatic heterocycles. The Balaban J connectivity index is 1.91. The van der Waals surface area contributed by atoms with Crippen molar-refractivity contribution in [2.45, 2.75) is 26.2 Å². The van der Waals surface area contributed by atoms with Crippen molar-refractivity contribution in [1.82, 2.24) is 10.2 Å². The zero-order valence-electron chi connectivity index (χ0n) is 13.9. The third-order valence-corrected chi connectivity index (χ3v) is 3.92. The molecule has 0 fully saturated rings. The summed E-state index contributed by atoms with van der Waals surface area (Å²) in [5.74, 6) is -0.356. The Labute approximate surface area is 139 Å². The van der Waals surface area contributed by atoms with Gasteiger partial charge < -0.3 is 5.32 Å². The molecule has 0 aliphatic rings.